The topological polar surface area (TPSA) is 26.0 Å². The van der Waals surface area contributed by atoms with Gasteiger partial charge in [0.25, 0.3) is 0 Å². The Morgan fingerprint density at radius 3 is 1.90 bits per heavy atom. The first-order chi connectivity index (χ1) is 14.9. The summed E-state index contributed by atoms with van der Waals surface area (Å²) in [4.78, 5) is 1.99. The minimum Gasteiger partial charge on any atom is -0.283 e. The molecule has 1 aromatic heterocycles. The van der Waals surface area contributed by atoms with Crippen LogP contribution < -0.4 is 0 Å². The van der Waals surface area contributed by atoms with Crippen molar-refractivity contribution in [2.24, 2.45) is 0 Å². The average molecular weight is 440 g/mol. The molecule has 0 spiro atoms. The van der Waals surface area contributed by atoms with Gasteiger partial charge in [0, 0.05) is 12.1 Å². The Labute approximate surface area is 182 Å². The molecule has 0 aliphatic heterocycles. The molecule has 4 rings (SSSR count). The third-order valence-corrected chi connectivity index (χ3v) is 5.16. The van der Waals surface area contributed by atoms with Crippen molar-refractivity contribution in [3.05, 3.63) is 101 Å². The van der Waals surface area contributed by atoms with E-state index in [9.17, 15) is 13.2 Å². The van der Waals surface area contributed by atoms with E-state index >= 15 is 0 Å². The SMILES string of the molecule is CN(Cc1ccc(F)cc1)Cn1nc(-c2ccc(F)cc2)n(-c2ccc(F)cc2)c1=S. The van der Waals surface area contributed by atoms with Crippen molar-refractivity contribution in [1.29, 1.82) is 0 Å². The average Bonchev–Trinajstić information content (AvgIpc) is 3.07. The minimum absolute atomic E-state index is 0.282. The third-order valence-electron chi connectivity index (χ3n) is 4.77. The Bertz CT molecular complexity index is 1230. The highest BCUT2D eigenvalue weighted by molar-refractivity contribution is 7.71. The van der Waals surface area contributed by atoms with Gasteiger partial charge in [-0.25, -0.2) is 17.9 Å². The Kier molecular flexibility index (Phi) is 6.01. The molecule has 31 heavy (non-hydrogen) atoms. The zero-order chi connectivity index (χ0) is 22.0. The highest BCUT2D eigenvalue weighted by Crippen LogP contribution is 2.23. The second-order valence-electron chi connectivity index (χ2n) is 7.21. The molecule has 1 heterocycles. The van der Waals surface area contributed by atoms with Crippen molar-refractivity contribution in [1.82, 2.24) is 19.2 Å². The van der Waals surface area contributed by atoms with Crippen LogP contribution in [-0.2, 0) is 13.2 Å². The monoisotopic (exact) mass is 440 g/mol. The van der Waals surface area contributed by atoms with E-state index < -0.39 is 0 Å². The van der Waals surface area contributed by atoms with Gasteiger partial charge in [0.1, 0.15) is 17.5 Å². The van der Waals surface area contributed by atoms with Crippen LogP contribution in [0.25, 0.3) is 17.1 Å². The first kappa shape index (κ1) is 21.0. The molecule has 0 saturated heterocycles. The molecule has 3 aromatic carbocycles. The molecule has 0 N–H and O–H groups in total. The predicted molar refractivity (Wildman–Crippen MR) is 116 cm³/mol. The van der Waals surface area contributed by atoms with Gasteiger partial charge >= 0.3 is 0 Å². The summed E-state index contributed by atoms with van der Waals surface area (Å²) in [5.74, 6) is -0.471. The van der Waals surface area contributed by atoms with Gasteiger partial charge in [0.15, 0.2) is 5.82 Å². The predicted octanol–water partition coefficient (Wildman–Crippen LogP) is 5.58. The number of benzene rings is 3. The fourth-order valence-electron chi connectivity index (χ4n) is 3.29. The van der Waals surface area contributed by atoms with E-state index in [0.29, 0.717) is 35.1 Å². The van der Waals surface area contributed by atoms with Gasteiger partial charge in [-0.2, -0.15) is 0 Å². The lowest BCUT2D eigenvalue weighted by atomic mass is 10.2. The Morgan fingerprint density at radius 1 is 0.806 bits per heavy atom. The van der Waals surface area contributed by atoms with Crippen LogP contribution in [0.2, 0.25) is 0 Å². The van der Waals surface area contributed by atoms with E-state index in [4.69, 9.17) is 12.2 Å². The van der Waals surface area contributed by atoms with E-state index in [1.807, 2.05) is 11.9 Å². The van der Waals surface area contributed by atoms with Gasteiger partial charge in [0.05, 0.1) is 12.4 Å². The van der Waals surface area contributed by atoms with Crippen LogP contribution in [-0.4, -0.2) is 26.3 Å². The van der Waals surface area contributed by atoms with Crippen molar-refractivity contribution >= 4 is 12.2 Å². The summed E-state index contributed by atoms with van der Waals surface area (Å²) >= 11 is 5.67. The zero-order valence-corrected chi connectivity index (χ0v) is 17.5. The molecule has 0 aliphatic carbocycles. The first-order valence-corrected chi connectivity index (χ1v) is 9.96. The van der Waals surface area contributed by atoms with Crippen LogP contribution in [0.15, 0.2) is 72.8 Å². The zero-order valence-electron chi connectivity index (χ0n) is 16.7. The first-order valence-electron chi connectivity index (χ1n) is 9.55. The number of nitrogens with zero attached hydrogens (tertiary/aromatic N) is 4. The fraction of sp³-hybridized carbons (Fsp3) is 0.130. The number of hydrogen-bond donors (Lipinski definition) is 0. The van der Waals surface area contributed by atoms with Gasteiger partial charge in [-0.3, -0.25) is 9.47 Å². The smallest absolute Gasteiger partial charge is 0.204 e. The number of halogens is 3. The van der Waals surface area contributed by atoms with Crippen LogP contribution in [0, 0.1) is 22.2 Å². The van der Waals surface area contributed by atoms with Crippen LogP contribution in [0.4, 0.5) is 13.2 Å². The van der Waals surface area contributed by atoms with Crippen molar-refractivity contribution in [2.75, 3.05) is 7.05 Å². The van der Waals surface area contributed by atoms with Crippen LogP contribution >= 0.6 is 12.2 Å². The second-order valence-corrected chi connectivity index (χ2v) is 7.57. The van der Waals surface area contributed by atoms with Crippen molar-refractivity contribution in [2.45, 2.75) is 13.2 Å². The van der Waals surface area contributed by atoms with Gasteiger partial charge in [0.2, 0.25) is 4.77 Å². The molecule has 0 unspecified atom stereocenters. The van der Waals surface area contributed by atoms with Crippen LogP contribution in [0.3, 0.4) is 0 Å². The lowest BCUT2D eigenvalue weighted by Crippen LogP contribution is -2.22. The van der Waals surface area contributed by atoms with Gasteiger partial charge in [-0.05, 0) is 85.5 Å². The third kappa shape index (κ3) is 4.76. The van der Waals surface area contributed by atoms with Crippen LogP contribution in [0.1, 0.15) is 5.56 Å². The lowest BCUT2D eigenvalue weighted by Gasteiger charge is -2.16. The molecule has 0 aliphatic rings. The molecule has 0 radical (unpaired) electrons. The molecule has 158 valence electrons. The van der Waals surface area contributed by atoms with Crippen LogP contribution in [0.5, 0.6) is 0 Å². The fourth-order valence-corrected chi connectivity index (χ4v) is 3.58. The van der Waals surface area contributed by atoms with Crippen molar-refractivity contribution in [3.63, 3.8) is 0 Å². The van der Waals surface area contributed by atoms with E-state index in [0.717, 1.165) is 5.56 Å². The highest BCUT2D eigenvalue weighted by Gasteiger charge is 2.16. The molecular weight excluding hydrogens is 421 g/mol. The summed E-state index contributed by atoms with van der Waals surface area (Å²) in [6, 6.07) is 18.2. The number of hydrogen-bond acceptors (Lipinski definition) is 3. The van der Waals surface area contributed by atoms with Crippen molar-refractivity contribution < 1.29 is 13.2 Å². The normalized spacial score (nSPS) is 11.3. The summed E-state index contributed by atoms with van der Waals surface area (Å²) in [5.41, 5.74) is 2.28. The van der Waals surface area contributed by atoms with Gasteiger partial charge in [-0.1, -0.05) is 12.1 Å². The molecule has 0 atom stereocenters. The van der Waals surface area contributed by atoms with E-state index in [2.05, 4.69) is 5.10 Å². The molecule has 0 bridgehead atoms. The minimum atomic E-state index is -0.356. The summed E-state index contributed by atoms with van der Waals surface area (Å²) < 4.78 is 43.8. The molecule has 4 nitrogen and oxygen atoms in total. The lowest BCUT2D eigenvalue weighted by molar-refractivity contribution is 0.244. The standard InChI is InChI=1S/C23H19F3N4S/c1-28(14-16-2-6-18(24)7-3-16)15-29-23(31)30(21-12-10-20(26)11-13-21)22(27-29)17-4-8-19(25)9-5-17/h2-13H,14-15H2,1H3. The summed E-state index contributed by atoms with van der Waals surface area (Å²) in [6.07, 6.45) is 0. The number of aromatic nitrogens is 3. The van der Waals surface area contributed by atoms with Gasteiger partial charge < -0.3 is 0 Å². The molecule has 0 amide bonds. The Morgan fingerprint density at radius 2 is 1.32 bits per heavy atom. The number of rotatable bonds is 6. The van der Waals surface area contributed by atoms with E-state index in [1.165, 1.54) is 36.4 Å². The molecule has 8 heteroatoms. The second kappa shape index (κ2) is 8.87. The quantitative estimate of drug-likeness (QED) is 0.366. The van der Waals surface area contributed by atoms with Gasteiger partial charge in [-0.15, -0.1) is 5.10 Å². The van der Waals surface area contributed by atoms with Crippen molar-refractivity contribution in [3.8, 4) is 17.1 Å². The van der Waals surface area contributed by atoms with E-state index in [1.54, 1.807) is 45.6 Å². The summed E-state index contributed by atoms with van der Waals surface area (Å²) in [5, 5.41) is 4.66. The molecular formula is C23H19F3N4S. The maximum atomic E-state index is 13.5. The van der Waals surface area contributed by atoms with E-state index in [-0.39, 0.29) is 17.5 Å². The molecule has 4 aromatic rings. The largest absolute Gasteiger partial charge is 0.283 e. The molecule has 0 fully saturated rings. The Hall–Kier alpha value is -3.23. The maximum Gasteiger partial charge on any atom is 0.204 e. The Balaban J connectivity index is 1.70. The molecule has 0 saturated carbocycles. The summed E-state index contributed by atoms with van der Waals surface area (Å²) in [6.45, 7) is 0.940. The highest BCUT2D eigenvalue weighted by atomic mass is 32.1. The summed E-state index contributed by atoms with van der Waals surface area (Å²) in [7, 11) is 1.90. The maximum absolute atomic E-state index is 13.5.